The summed E-state index contributed by atoms with van der Waals surface area (Å²) in [5, 5.41) is 13.2. The molecule has 4 nitrogen and oxygen atoms in total. The molecule has 0 radical (unpaired) electrons. The van der Waals surface area contributed by atoms with Crippen molar-refractivity contribution in [3.63, 3.8) is 0 Å². The molecule has 0 aliphatic heterocycles. The Morgan fingerprint density at radius 2 is 1.67 bits per heavy atom. The van der Waals surface area contributed by atoms with Crippen molar-refractivity contribution in [3.8, 4) is 11.1 Å². The molecule has 1 aliphatic rings. The molecule has 0 heterocycles. The van der Waals surface area contributed by atoms with Gasteiger partial charge in [-0.1, -0.05) is 60.7 Å². The van der Waals surface area contributed by atoms with E-state index in [4.69, 9.17) is 4.74 Å². The number of hydrogen-bond donors (Lipinski definition) is 2. The average molecular weight is 405 g/mol. The zero-order valence-corrected chi connectivity index (χ0v) is 16.9. The van der Waals surface area contributed by atoms with Gasteiger partial charge in [-0.3, -0.25) is 0 Å². The maximum atomic E-state index is 13.5. The van der Waals surface area contributed by atoms with Crippen LogP contribution in [0.25, 0.3) is 11.1 Å². The number of aliphatic hydroxyl groups is 1. The second-order valence-electron chi connectivity index (χ2n) is 7.71. The fourth-order valence-electron chi connectivity index (χ4n) is 4.05. The van der Waals surface area contributed by atoms with E-state index in [1.165, 1.54) is 12.1 Å². The highest BCUT2D eigenvalue weighted by molar-refractivity contribution is 5.79. The van der Waals surface area contributed by atoms with Crippen molar-refractivity contribution < 1.29 is 19.0 Å². The zero-order chi connectivity index (χ0) is 21.3. The number of carbonyl (C=O) groups excluding carboxylic acids is 1. The van der Waals surface area contributed by atoms with Crippen LogP contribution in [0.15, 0.2) is 66.7 Å². The van der Waals surface area contributed by atoms with E-state index < -0.39 is 18.2 Å². The van der Waals surface area contributed by atoms with E-state index in [0.717, 1.165) is 22.3 Å². The van der Waals surface area contributed by atoms with E-state index >= 15 is 0 Å². The van der Waals surface area contributed by atoms with Gasteiger partial charge in [0.2, 0.25) is 0 Å². The summed E-state index contributed by atoms with van der Waals surface area (Å²) in [4.78, 5) is 12.4. The van der Waals surface area contributed by atoms with Gasteiger partial charge in [0.1, 0.15) is 12.4 Å². The molecular formula is C25H24FNO3. The molecular weight excluding hydrogens is 381 g/mol. The summed E-state index contributed by atoms with van der Waals surface area (Å²) in [6.07, 6.45) is -1.56. The van der Waals surface area contributed by atoms with E-state index in [1.54, 1.807) is 19.9 Å². The normalized spacial score (nSPS) is 14.5. The van der Waals surface area contributed by atoms with Crippen LogP contribution < -0.4 is 5.32 Å². The Morgan fingerprint density at radius 1 is 1.07 bits per heavy atom. The maximum Gasteiger partial charge on any atom is 0.407 e. The smallest absolute Gasteiger partial charge is 0.407 e. The standard InChI is InChI=1S/C25H24FNO3/c1-15-13-17(11-12-23(15)26)24(28)16(2)27-25(29)30-14-22-20-9-5-3-7-18(20)19-8-4-6-10-21(19)22/h3-13,16,22,24,28H,14H2,1-2H3,(H,27,29). The average Bonchev–Trinajstić information content (AvgIpc) is 3.07. The van der Waals surface area contributed by atoms with Crippen LogP contribution in [-0.2, 0) is 4.74 Å². The third-order valence-corrected chi connectivity index (χ3v) is 5.69. The summed E-state index contributed by atoms with van der Waals surface area (Å²) in [5.41, 5.74) is 5.60. The van der Waals surface area contributed by atoms with Crippen LogP contribution in [0, 0.1) is 12.7 Å². The molecule has 0 bridgehead atoms. The van der Waals surface area contributed by atoms with E-state index in [2.05, 4.69) is 29.6 Å². The molecule has 0 spiro atoms. The molecule has 0 saturated carbocycles. The molecule has 4 rings (SSSR count). The topological polar surface area (TPSA) is 58.6 Å². The summed E-state index contributed by atoms with van der Waals surface area (Å²) in [6.45, 7) is 3.53. The molecule has 5 heteroatoms. The van der Waals surface area contributed by atoms with Gasteiger partial charge in [-0.15, -0.1) is 0 Å². The quantitative estimate of drug-likeness (QED) is 0.621. The minimum absolute atomic E-state index is 0.0249. The number of rotatable bonds is 5. The molecule has 2 atom stereocenters. The Balaban J connectivity index is 1.41. The summed E-state index contributed by atoms with van der Waals surface area (Å²) >= 11 is 0. The Morgan fingerprint density at radius 3 is 2.27 bits per heavy atom. The Hall–Kier alpha value is -3.18. The first-order chi connectivity index (χ1) is 14.5. The van der Waals surface area contributed by atoms with Crippen molar-refractivity contribution in [1.29, 1.82) is 0 Å². The van der Waals surface area contributed by atoms with Crippen LogP contribution in [0.5, 0.6) is 0 Å². The van der Waals surface area contributed by atoms with Gasteiger partial charge >= 0.3 is 6.09 Å². The minimum atomic E-state index is -0.968. The number of hydrogen-bond acceptors (Lipinski definition) is 3. The van der Waals surface area contributed by atoms with Crippen LogP contribution in [0.1, 0.15) is 41.2 Å². The Labute approximate surface area is 175 Å². The highest BCUT2D eigenvalue weighted by atomic mass is 19.1. The molecule has 2 unspecified atom stereocenters. The van der Waals surface area contributed by atoms with Crippen molar-refractivity contribution in [2.75, 3.05) is 6.61 Å². The molecule has 0 saturated heterocycles. The SMILES string of the molecule is Cc1cc(C(O)C(C)NC(=O)OCC2c3ccccc3-c3ccccc32)ccc1F. The van der Waals surface area contributed by atoms with Gasteiger partial charge in [-0.2, -0.15) is 0 Å². The first-order valence-corrected chi connectivity index (χ1v) is 10.0. The lowest BCUT2D eigenvalue weighted by Gasteiger charge is -2.21. The van der Waals surface area contributed by atoms with Crippen molar-refractivity contribution in [2.24, 2.45) is 0 Å². The van der Waals surface area contributed by atoms with Gasteiger partial charge < -0.3 is 15.2 Å². The number of aryl methyl sites for hydroxylation is 1. The number of alkyl carbamates (subject to hydrolysis) is 1. The number of nitrogens with one attached hydrogen (secondary N) is 1. The molecule has 3 aromatic carbocycles. The highest BCUT2D eigenvalue weighted by Gasteiger charge is 2.29. The summed E-state index contributed by atoms with van der Waals surface area (Å²) in [6, 6.07) is 20.1. The predicted molar refractivity (Wildman–Crippen MR) is 114 cm³/mol. The van der Waals surface area contributed by atoms with Gasteiger partial charge in [-0.05, 0) is 53.3 Å². The summed E-state index contributed by atoms with van der Waals surface area (Å²) in [5.74, 6) is -0.355. The molecule has 1 aliphatic carbocycles. The number of ether oxygens (including phenoxy) is 1. The van der Waals surface area contributed by atoms with Crippen molar-refractivity contribution in [2.45, 2.75) is 31.9 Å². The lowest BCUT2D eigenvalue weighted by molar-refractivity contribution is 0.108. The summed E-state index contributed by atoms with van der Waals surface area (Å²) < 4.78 is 19.0. The fraction of sp³-hybridized carbons (Fsp3) is 0.240. The maximum absolute atomic E-state index is 13.5. The van der Waals surface area contributed by atoms with E-state index in [9.17, 15) is 14.3 Å². The molecule has 30 heavy (non-hydrogen) atoms. The number of benzene rings is 3. The second kappa shape index (κ2) is 8.28. The third kappa shape index (κ3) is 3.81. The first-order valence-electron chi connectivity index (χ1n) is 10.0. The number of amides is 1. The first kappa shape index (κ1) is 20.1. The number of halogens is 1. The second-order valence-corrected chi connectivity index (χ2v) is 7.71. The molecule has 154 valence electrons. The van der Waals surface area contributed by atoms with Crippen molar-refractivity contribution in [3.05, 3.63) is 94.8 Å². The molecule has 0 aromatic heterocycles. The number of carbonyl (C=O) groups is 1. The van der Waals surface area contributed by atoms with Crippen molar-refractivity contribution in [1.82, 2.24) is 5.32 Å². The third-order valence-electron chi connectivity index (χ3n) is 5.69. The largest absolute Gasteiger partial charge is 0.449 e. The van der Waals surface area contributed by atoms with E-state index in [-0.39, 0.29) is 18.3 Å². The Kier molecular flexibility index (Phi) is 5.55. The van der Waals surface area contributed by atoms with E-state index in [0.29, 0.717) is 11.1 Å². The van der Waals surface area contributed by atoms with Crippen LogP contribution >= 0.6 is 0 Å². The fourth-order valence-corrected chi connectivity index (χ4v) is 4.05. The van der Waals surface area contributed by atoms with Crippen LogP contribution in [-0.4, -0.2) is 23.8 Å². The molecule has 2 N–H and O–H groups in total. The van der Waals surface area contributed by atoms with Gasteiger partial charge in [0, 0.05) is 5.92 Å². The zero-order valence-electron chi connectivity index (χ0n) is 16.9. The van der Waals surface area contributed by atoms with Crippen molar-refractivity contribution >= 4 is 6.09 Å². The number of aliphatic hydroxyl groups excluding tert-OH is 1. The molecule has 1 amide bonds. The lowest BCUT2D eigenvalue weighted by Crippen LogP contribution is -2.38. The van der Waals surface area contributed by atoms with Gasteiger partial charge in [0.05, 0.1) is 12.1 Å². The summed E-state index contributed by atoms with van der Waals surface area (Å²) in [7, 11) is 0. The lowest BCUT2D eigenvalue weighted by atomic mass is 9.98. The predicted octanol–water partition coefficient (Wildman–Crippen LogP) is 5.09. The molecule has 0 fully saturated rings. The van der Waals surface area contributed by atoms with Gasteiger partial charge in [-0.25, -0.2) is 9.18 Å². The highest BCUT2D eigenvalue weighted by Crippen LogP contribution is 2.44. The van der Waals surface area contributed by atoms with Crippen LogP contribution in [0.4, 0.5) is 9.18 Å². The minimum Gasteiger partial charge on any atom is -0.449 e. The van der Waals surface area contributed by atoms with Crippen LogP contribution in [0.2, 0.25) is 0 Å². The van der Waals surface area contributed by atoms with Crippen LogP contribution in [0.3, 0.4) is 0 Å². The monoisotopic (exact) mass is 405 g/mol. The van der Waals surface area contributed by atoms with Gasteiger partial charge in [0.25, 0.3) is 0 Å². The Bertz CT molecular complexity index is 1040. The molecule has 3 aromatic rings. The van der Waals surface area contributed by atoms with E-state index in [1.807, 2.05) is 24.3 Å². The van der Waals surface area contributed by atoms with Gasteiger partial charge in [0.15, 0.2) is 0 Å². The number of fused-ring (bicyclic) bond motifs is 3.